The quantitative estimate of drug-likeness (QED) is 0.772. The van der Waals surface area contributed by atoms with E-state index in [4.69, 9.17) is 0 Å². The van der Waals surface area contributed by atoms with Gasteiger partial charge in [0.05, 0.1) is 0 Å². The van der Waals surface area contributed by atoms with Crippen LogP contribution in [0.15, 0.2) is 18.2 Å². The number of hydrogen-bond acceptors (Lipinski definition) is 2. The maximum absolute atomic E-state index is 3.63. The summed E-state index contributed by atoms with van der Waals surface area (Å²) in [7, 11) is 0. The van der Waals surface area contributed by atoms with E-state index in [9.17, 15) is 0 Å². The molecule has 0 bridgehead atoms. The molecule has 0 atom stereocenters. The van der Waals surface area contributed by atoms with Crippen molar-refractivity contribution < 1.29 is 0 Å². The van der Waals surface area contributed by atoms with E-state index in [1.54, 1.807) is 0 Å². The van der Waals surface area contributed by atoms with Gasteiger partial charge in [-0.05, 0) is 61.3 Å². The van der Waals surface area contributed by atoms with Gasteiger partial charge in [-0.3, -0.25) is 0 Å². The third-order valence-corrected chi connectivity index (χ3v) is 5.09. The number of nitrogens with one attached hydrogen (secondary N) is 1. The molecular weight excluding hydrogens is 274 g/mol. The van der Waals surface area contributed by atoms with Gasteiger partial charge in [0.1, 0.15) is 0 Å². The highest BCUT2D eigenvalue weighted by Crippen LogP contribution is 2.35. The van der Waals surface area contributed by atoms with Crippen LogP contribution in [0.2, 0.25) is 0 Å². The molecule has 0 saturated heterocycles. The molecule has 0 saturated carbocycles. The van der Waals surface area contributed by atoms with E-state index < -0.39 is 0 Å². The molecule has 1 aromatic heterocycles. The lowest BCUT2D eigenvalue weighted by Gasteiger charge is -2.20. The Kier molecular flexibility index (Phi) is 4.51. The fourth-order valence-corrected chi connectivity index (χ4v) is 3.76. The predicted molar refractivity (Wildman–Crippen MR) is 96.5 cm³/mol. The van der Waals surface area contributed by atoms with Gasteiger partial charge in [0, 0.05) is 21.7 Å². The largest absolute Gasteiger partial charge is 0.307 e. The monoisotopic (exact) mass is 303 g/mol. The van der Waals surface area contributed by atoms with Gasteiger partial charge in [-0.25, -0.2) is 0 Å². The first kappa shape index (κ1) is 16.5. The van der Waals surface area contributed by atoms with Crippen LogP contribution in [0, 0.1) is 0 Å². The molecule has 0 aliphatic heterocycles. The fraction of sp³-hybridized carbons (Fsp3) is 0.579. The molecule has 0 aliphatic carbocycles. The van der Waals surface area contributed by atoms with Gasteiger partial charge in [0.25, 0.3) is 0 Å². The molecule has 1 N–H and O–H groups in total. The Bertz CT molecular complexity index is 623. The van der Waals surface area contributed by atoms with Gasteiger partial charge in [-0.2, -0.15) is 0 Å². The maximum atomic E-state index is 3.63. The zero-order valence-corrected chi connectivity index (χ0v) is 15.4. The topological polar surface area (TPSA) is 12.0 Å². The molecule has 0 unspecified atom stereocenters. The Balaban J connectivity index is 2.44. The molecule has 1 nitrogen and oxygen atoms in total. The lowest BCUT2D eigenvalue weighted by Crippen LogP contribution is -2.35. The molecule has 0 spiro atoms. The fourth-order valence-electron chi connectivity index (χ4n) is 2.54. The maximum Gasteiger partial charge on any atom is 0.0349 e. The lowest BCUT2D eigenvalue weighted by molar-refractivity contribution is 0.426. The normalized spacial score (nSPS) is 13.1. The van der Waals surface area contributed by atoms with Gasteiger partial charge >= 0.3 is 0 Å². The third-order valence-electron chi connectivity index (χ3n) is 3.87. The van der Waals surface area contributed by atoms with Crippen molar-refractivity contribution in [2.45, 2.75) is 72.4 Å². The third kappa shape index (κ3) is 3.87. The number of benzene rings is 1. The average Bonchev–Trinajstić information content (AvgIpc) is 2.70. The van der Waals surface area contributed by atoms with Crippen LogP contribution in [0.5, 0.6) is 0 Å². The summed E-state index contributed by atoms with van der Waals surface area (Å²) in [6.45, 7) is 16.8. The summed E-state index contributed by atoms with van der Waals surface area (Å²) in [5.74, 6) is 0. The summed E-state index contributed by atoms with van der Waals surface area (Å²) in [6.07, 6.45) is 1.11. The highest BCUT2D eigenvalue weighted by atomic mass is 32.1. The van der Waals surface area contributed by atoms with E-state index >= 15 is 0 Å². The SMILES string of the molecule is CCc1c(CNC(C)(C)C)sc2ccc(C(C)(C)C)cc12. The minimum absolute atomic E-state index is 0.164. The van der Waals surface area contributed by atoms with Crippen LogP contribution in [-0.2, 0) is 18.4 Å². The van der Waals surface area contributed by atoms with Gasteiger partial charge in [0.15, 0.2) is 0 Å². The standard InChI is InChI=1S/C19H29NS/c1-8-14-15-11-13(18(2,3)4)9-10-16(15)21-17(14)12-20-19(5,6)7/h9-11,20H,8,12H2,1-7H3. The summed E-state index contributed by atoms with van der Waals surface area (Å²) >= 11 is 1.95. The Labute approximate surface area is 133 Å². The first-order valence-electron chi connectivity index (χ1n) is 7.91. The van der Waals surface area contributed by atoms with Crippen LogP contribution in [0.25, 0.3) is 10.1 Å². The summed E-state index contributed by atoms with van der Waals surface area (Å²) < 4.78 is 1.42. The summed E-state index contributed by atoms with van der Waals surface area (Å²) in [6, 6.07) is 7.00. The average molecular weight is 304 g/mol. The summed E-state index contributed by atoms with van der Waals surface area (Å²) in [5, 5.41) is 5.09. The zero-order chi connectivity index (χ0) is 15.8. The van der Waals surface area contributed by atoms with Gasteiger partial charge in [-0.15, -0.1) is 11.3 Å². The Morgan fingerprint density at radius 3 is 2.24 bits per heavy atom. The van der Waals surface area contributed by atoms with Crippen molar-refractivity contribution in [1.29, 1.82) is 0 Å². The van der Waals surface area contributed by atoms with Crippen LogP contribution in [0.1, 0.15) is 64.5 Å². The molecule has 0 aliphatic rings. The molecule has 0 fully saturated rings. The molecule has 2 aromatic rings. The van der Waals surface area contributed by atoms with Crippen LogP contribution in [0.4, 0.5) is 0 Å². The van der Waals surface area contributed by atoms with Crippen molar-refractivity contribution in [3.05, 3.63) is 34.2 Å². The first-order valence-corrected chi connectivity index (χ1v) is 8.73. The molecular formula is C19H29NS. The van der Waals surface area contributed by atoms with Crippen molar-refractivity contribution in [1.82, 2.24) is 5.32 Å². The van der Waals surface area contributed by atoms with Crippen molar-refractivity contribution >= 4 is 21.4 Å². The van der Waals surface area contributed by atoms with Crippen molar-refractivity contribution in [3.8, 4) is 0 Å². The Morgan fingerprint density at radius 2 is 1.71 bits per heavy atom. The van der Waals surface area contributed by atoms with E-state index in [1.807, 2.05) is 11.3 Å². The minimum atomic E-state index is 0.164. The molecule has 0 amide bonds. The van der Waals surface area contributed by atoms with Crippen LogP contribution in [-0.4, -0.2) is 5.54 Å². The van der Waals surface area contributed by atoms with E-state index in [1.165, 1.54) is 26.1 Å². The number of aryl methyl sites for hydroxylation is 1. The Hall–Kier alpha value is -0.860. The van der Waals surface area contributed by atoms with Crippen molar-refractivity contribution in [3.63, 3.8) is 0 Å². The van der Waals surface area contributed by atoms with E-state index in [0.717, 1.165) is 13.0 Å². The number of rotatable bonds is 3. The highest BCUT2D eigenvalue weighted by Gasteiger charge is 2.18. The zero-order valence-electron chi connectivity index (χ0n) is 14.6. The molecule has 116 valence electrons. The second-order valence-electron chi connectivity index (χ2n) is 7.92. The molecule has 1 heterocycles. The van der Waals surface area contributed by atoms with Crippen molar-refractivity contribution in [2.24, 2.45) is 0 Å². The lowest BCUT2D eigenvalue weighted by atomic mass is 9.86. The van der Waals surface area contributed by atoms with Crippen LogP contribution >= 0.6 is 11.3 Å². The first-order chi connectivity index (χ1) is 9.62. The number of fused-ring (bicyclic) bond motifs is 1. The second kappa shape index (κ2) is 5.73. The highest BCUT2D eigenvalue weighted by molar-refractivity contribution is 7.19. The van der Waals surface area contributed by atoms with E-state index in [2.05, 4.69) is 72.0 Å². The van der Waals surface area contributed by atoms with Crippen molar-refractivity contribution in [2.75, 3.05) is 0 Å². The number of hydrogen-bond donors (Lipinski definition) is 1. The molecule has 21 heavy (non-hydrogen) atoms. The van der Waals surface area contributed by atoms with E-state index in [-0.39, 0.29) is 11.0 Å². The number of thiophene rings is 1. The molecule has 2 rings (SSSR count). The summed E-state index contributed by atoms with van der Waals surface area (Å²) in [5.41, 5.74) is 3.33. The predicted octanol–water partition coefficient (Wildman–Crippen LogP) is 5.65. The summed E-state index contributed by atoms with van der Waals surface area (Å²) in [4.78, 5) is 1.49. The van der Waals surface area contributed by atoms with Gasteiger partial charge < -0.3 is 5.32 Å². The minimum Gasteiger partial charge on any atom is -0.307 e. The van der Waals surface area contributed by atoms with Gasteiger partial charge in [0.2, 0.25) is 0 Å². The molecule has 2 heteroatoms. The van der Waals surface area contributed by atoms with Gasteiger partial charge in [-0.1, -0.05) is 33.8 Å². The van der Waals surface area contributed by atoms with Crippen LogP contribution < -0.4 is 5.32 Å². The van der Waals surface area contributed by atoms with E-state index in [0.29, 0.717) is 0 Å². The second-order valence-corrected chi connectivity index (χ2v) is 9.06. The smallest absolute Gasteiger partial charge is 0.0349 e. The molecule has 1 aromatic carbocycles. The Morgan fingerprint density at radius 1 is 1.05 bits per heavy atom. The van der Waals surface area contributed by atoms with Crippen LogP contribution in [0.3, 0.4) is 0 Å². The molecule has 0 radical (unpaired) electrons.